The number of hydrogen-bond donors (Lipinski definition) is 3. The number of aliphatic hydroxyl groups excluding tert-OH is 1. The maximum Gasteiger partial charge on any atom is 0.224 e. The number of aromatic nitrogens is 2. The Morgan fingerprint density at radius 1 is 0.721 bits per heavy atom. The Balaban J connectivity index is 1.55. The highest BCUT2D eigenvalue weighted by Crippen LogP contribution is 2.43. The second kappa shape index (κ2) is 18.2. The molecule has 2 aromatic carbocycles. The Kier molecular flexibility index (Phi) is 13.7. The molecule has 6 nitrogen and oxygen atoms in total. The molecule has 3 atom stereocenters. The van der Waals surface area contributed by atoms with Crippen LogP contribution in [0.25, 0.3) is 0 Å². The number of para-hydroxylation sites is 1. The Morgan fingerprint density at radius 3 is 2.02 bits per heavy atom. The van der Waals surface area contributed by atoms with E-state index in [1.165, 1.54) is 32.1 Å². The third kappa shape index (κ3) is 10.3. The Bertz CT molecular complexity index is 1340. The Hall–Kier alpha value is -3.55. The van der Waals surface area contributed by atoms with Gasteiger partial charge in [0.2, 0.25) is 5.91 Å². The number of nitrogens with zero attached hydrogens (tertiary/aromatic N) is 2. The minimum Gasteiger partial charge on any atom is -0.388 e. The molecule has 3 N–H and O–H groups in total. The van der Waals surface area contributed by atoms with Gasteiger partial charge in [-0.2, -0.15) is 0 Å². The van der Waals surface area contributed by atoms with Crippen LogP contribution in [0.5, 0.6) is 0 Å². The third-order valence-corrected chi connectivity index (χ3v) is 8.26. The van der Waals surface area contributed by atoms with Gasteiger partial charge in [0.15, 0.2) is 0 Å². The van der Waals surface area contributed by atoms with Gasteiger partial charge in [0.1, 0.15) is 5.82 Å². The van der Waals surface area contributed by atoms with Crippen molar-refractivity contribution in [3.63, 3.8) is 0 Å². The van der Waals surface area contributed by atoms with Gasteiger partial charge in [-0.1, -0.05) is 115 Å². The van der Waals surface area contributed by atoms with Gasteiger partial charge in [-0.05, 0) is 54.3 Å². The van der Waals surface area contributed by atoms with E-state index in [1.54, 1.807) is 12.4 Å². The van der Waals surface area contributed by atoms with E-state index in [-0.39, 0.29) is 5.91 Å². The predicted octanol–water partition coefficient (Wildman–Crippen LogP) is 8.99. The lowest BCUT2D eigenvalue weighted by atomic mass is 9.82. The van der Waals surface area contributed by atoms with Gasteiger partial charge in [-0.15, -0.1) is 0 Å². The lowest BCUT2D eigenvalue weighted by molar-refractivity contribution is -0.116. The molecule has 0 unspecified atom stereocenters. The molecule has 2 aromatic heterocycles. The van der Waals surface area contributed by atoms with Crippen LogP contribution >= 0.6 is 15.9 Å². The maximum atomic E-state index is 13.1. The van der Waals surface area contributed by atoms with Crippen molar-refractivity contribution in [3.8, 4) is 0 Å². The number of carbonyl (C=O) groups is 1. The van der Waals surface area contributed by atoms with Crippen molar-refractivity contribution in [2.45, 2.75) is 75.9 Å². The lowest BCUT2D eigenvalue weighted by Gasteiger charge is -2.33. The number of alkyl halides is 1. The van der Waals surface area contributed by atoms with Crippen molar-refractivity contribution in [1.82, 2.24) is 9.97 Å². The molecule has 0 aliphatic carbocycles. The second-order valence-corrected chi connectivity index (χ2v) is 11.7. The molecule has 7 heteroatoms. The molecule has 43 heavy (non-hydrogen) atoms. The number of unbranched alkanes of at least 4 members (excludes halogenated alkanes) is 7. The number of hydrogen-bond acceptors (Lipinski definition) is 5. The van der Waals surface area contributed by atoms with Crippen LogP contribution in [-0.2, 0) is 4.79 Å². The van der Waals surface area contributed by atoms with E-state index in [9.17, 15) is 9.90 Å². The van der Waals surface area contributed by atoms with E-state index in [0.717, 1.165) is 41.4 Å². The molecule has 0 aliphatic heterocycles. The molecule has 0 fully saturated rings. The van der Waals surface area contributed by atoms with Crippen molar-refractivity contribution in [2.24, 2.45) is 0 Å². The third-order valence-electron chi connectivity index (χ3n) is 7.70. The second-order valence-electron chi connectivity index (χ2n) is 10.9. The first-order valence-electron chi connectivity index (χ1n) is 15.4. The summed E-state index contributed by atoms with van der Waals surface area (Å²) >= 11 is 3.49. The maximum absolute atomic E-state index is 13.1. The number of anilines is 2. The molecule has 0 spiro atoms. The first-order valence-corrected chi connectivity index (χ1v) is 16.6. The molecule has 0 radical (unpaired) electrons. The van der Waals surface area contributed by atoms with Crippen molar-refractivity contribution in [2.75, 3.05) is 16.0 Å². The van der Waals surface area contributed by atoms with Gasteiger partial charge < -0.3 is 15.7 Å². The van der Waals surface area contributed by atoms with Crippen molar-refractivity contribution in [3.05, 3.63) is 120 Å². The van der Waals surface area contributed by atoms with Gasteiger partial charge in [0.25, 0.3) is 0 Å². The topological polar surface area (TPSA) is 87.1 Å². The van der Waals surface area contributed by atoms with Crippen LogP contribution in [0.2, 0.25) is 0 Å². The molecule has 1 amide bonds. The van der Waals surface area contributed by atoms with E-state index in [1.807, 2.05) is 91.0 Å². The zero-order valence-electron chi connectivity index (χ0n) is 24.7. The molecule has 0 saturated heterocycles. The molecular weight excluding hydrogens is 600 g/mol. The molecule has 0 aliphatic rings. The normalized spacial score (nSPS) is 13.2. The highest BCUT2D eigenvalue weighted by atomic mass is 79.9. The van der Waals surface area contributed by atoms with Crippen LogP contribution in [-0.4, -0.2) is 26.3 Å². The largest absolute Gasteiger partial charge is 0.388 e. The summed E-state index contributed by atoms with van der Waals surface area (Å²) in [6.45, 7) is 0. The van der Waals surface area contributed by atoms with Crippen LogP contribution in [0.4, 0.5) is 11.5 Å². The van der Waals surface area contributed by atoms with Crippen molar-refractivity contribution < 1.29 is 9.90 Å². The lowest BCUT2D eigenvalue weighted by Crippen LogP contribution is -2.27. The molecule has 4 aromatic rings. The average Bonchev–Trinajstić information content (AvgIpc) is 3.05. The monoisotopic (exact) mass is 642 g/mol. The van der Waals surface area contributed by atoms with Gasteiger partial charge in [-0.25, -0.2) is 4.98 Å². The number of amides is 1. The minimum atomic E-state index is -0.874. The van der Waals surface area contributed by atoms with Crippen LogP contribution in [0.15, 0.2) is 103 Å². The highest BCUT2D eigenvalue weighted by Gasteiger charge is 2.35. The number of halogens is 1. The van der Waals surface area contributed by atoms with Crippen LogP contribution < -0.4 is 10.6 Å². The SMILES string of the molecule is O=C(CCCCCCCCCCBr)Nc1ccccc1[C@@H](Nc1ccccn1)[C@H](c1ccccn1)[C@H](O)c1ccccc1. The molecular formula is C36H43BrN4O2. The summed E-state index contributed by atoms with van der Waals surface area (Å²) in [4.78, 5) is 22.3. The molecule has 2 heterocycles. The first kappa shape index (κ1) is 32.4. The standard InChI is InChI=1S/C36H43BrN4O2/c37-25-15-6-4-2-1-3-5-10-24-33(42)40-30-21-12-11-20-29(30)35(41-32-23-14-17-27-39-32)34(31-22-13-16-26-38-31)36(43)28-18-8-7-9-19-28/h7-9,11-14,16-23,26-27,34-36,43H,1-6,10,15,24-25H2,(H,39,41)(H,40,42)/t34-,35+,36+/m0/s1. The predicted molar refractivity (Wildman–Crippen MR) is 179 cm³/mol. The fraction of sp³-hybridized carbons (Fsp3) is 0.361. The first-order chi connectivity index (χ1) is 21.2. The summed E-state index contributed by atoms with van der Waals surface area (Å²) in [5.74, 6) is 0.180. The van der Waals surface area contributed by atoms with E-state index < -0.39 is 18.1 Å². The summed E-state index contributed by atoms with van der Waals surface area (Å²) in [6.07, 6.45) is 12.5. The number of carbonyl (C=O) groups excluding carboxylic acids is 1. The van der Waals surface area contributed by atoms with Crippen molar-refractivity contribution in [1.29, 1.82) is 0 Å². The molecule has 0 bridgehead atoms. The van der Waals surface area contributed by atoms with Crippen LogP contribution in [0, 0.1) is 0 Å². The number of aliphatic hydroxyl groups is 1. The van der Waals surface area contributed by atoms with Gasteiger partial charge >= 0.3 is 0 Å². The number of benzene rings is 2. The molecule has 0 saturated carbocycles. The number of pyridine rings is 2. The van der Waals surface area contributed by atoms with Gasteiger partial charge in [0, 0.05) is 35.5 Å². The van der Waals surface area contributed by atoms with E-state index in [4.69, 9.17) is 0 Å². The number of nitrogens with one attached hydrogen (secondary N) is 2. The summed E-state index contributed by atoms with van der Waals surface area (Å²) < 4.78 is 0. The van der Waals surface area contributed by atoms with E-state index in [2.05, 4.69) is 36.5 Å². The zero-order valence-corrected chi connectivity index (χ0v) is 26.3. The Morgan fingerprint density at radius 2 is 1.35 bits per heavy atom. The van der Waals surface area contributed by atoms with Gasteiger partial charge in [-0.3, -0.25) is 9.78 Å². The smallest absolute Gasteiger partial charge is 0.224 e. The summed E-state index contributed by atoms with van der Waals surface area (Å²) in [5, 5.41) is 19.7. The number of rotatable bonds is 18. The zero-order chi connectivity index (χ0) is 30.1. The van der Waals surface area contributed by atoms with Crippen LogP contribution in [0.3, 0.4) is 0 Å². The summed E-state index contributed by atoms with van der Waals surface area (Å²) in [6, 6.07) is 28.4. The van der Waals surface area contributed by atoms with Crippen LogP contribution in [0.1, 0.15) is 92.7 Å². The minimum absolute atomic E-state index is 0.000601. The van der Waals surface area contributed by atoms with Crippen molar-refractivity contribution >= 4 is 33.3 Å². The summed E-state index contributed by atoms with van der Waals surface area (Å²) in [7, 11) is 0. The van der Waals surface area contributed by atoms with E-state index in [0.29, 0.717) is 17.9 Å². The average molecular weight is 644 g/mol. The quantitative estimate of drug-likeness (QED) is 0.0744. The fourth-order valence-corrected chi connectivity index (χ4v) is 5.85. The summed E-state index contributed by atoms with van der Waals surface area (Å²) in [5.41, 5.74) is 3.10. The fourth-order valence-electron chi connectivity index (χ4n) is 5.45. The Labute approximate surface area is 264 Å². The van der Waals surface area contributed by atoms with Gasteiger partial charge in [0.05, 0.1) is 18.1 Å². The van der Waals surface area contributed by atoms with E-state index >= 15 is 0 Å². The molecule has 4 rings (SSSR count). The molecule has 226 valence electrons. The highest BCUT2D eigenvalue weighted by molar-refractivity contribution is 9.09.